The predicted octanol–water partition coefficient (Wildman–Crippen LogP) is 4.43. The van der Waals surface area contributed by atoms with Crippen molar-refractivity contribution in [2.24, 2.45) is 4.99 Å². The average Bonchev–Trinajstić information content (AvgIpc) is 3.22. The zero-order valence-corrected chi connectivity index (χ0v) is 21.6. The van der Waals surface area contributed by atoms with Crippen LogP contribution in [0.3, 0.4) is 0 Å². The van der Waals surface area contributed by atoms with Crippen molar-refractivity contribution in [1.82, 2.24) is 8.87 Å². The molecule has 0 radical (unpaired) electrons. The topological polar surface area (TPSA) is 81.0 Å². The Morgan fingerprint density at radius 2 is 1.91 bits per heavy atom. The van der Waals surface area contributed by atoms with Gasteiger partial charge >= 0.3 is 0 Å². The highest BCUT2D eigenvalue weighted by molar-refractivity contribution is 7.89. The summed E-state index contributed by atoms with van der Waals surface area (Å²) >= 11 is 1.35. The molecule has 1 saturated carbocycles. The van der Waals surface area contributed by atoms with Gasteiger partial charge < -0.3 is 9.30 Å². The monoisotopic (exact) mass is 511 g/mol. The van der Waals surface area contributed by atoms with Gasteiger partial charge in [0.05, 0.1) is 22.7 Å². The number of fused-ring (bicyclic) bond motifs is 1. The van der Waals surface area contributed by atoms with E-state index in [1.54, 1.807) is 11.6 Å². The molecule has 9 heteroatoms. The molecule has 0 aliphatic heterocycles. The molecule has 1 heterocycles. The van der Waals surface area contributed by atoms with Gasteiger partial charge in [-0.1, -0.05) is 42.6 Å². The number of sulfonamides is 1. The van der Waals surface area contributed by atoms with Crippen molar-refractivity contribution in [3.63, 3.8) is 0 Å². The lowest BCUT2D eigenvalue weighted by Gasteiger charge is -2.30. The minimum Gasteiger partial charge on any atom is -0.492 e. The molecule has 7 nitrogen and oxygen atoms in total. The first-order chi connectivity index (χ1) is 16.9. The second kappa shape index (κ2) is 10.8. The van der Waals surface area contributed by atoms with Crippen LogP contribution >= 0.6 is 11.3 Å². The largest absolute Gasteiger partial charge is 0.492 e. The fourth-order valence-corrected chi connectivity index (χ4v) is 6.88. The van der Waals surface area contributed by atoms with E-state index < -0.39 is 15.9 Å². The van der Waals surface area contributed by atoms with E-state index in [0.29, 0.717) is 22.7 Å². The molecule has 1 fully saturated rings. The van der Waals surface area contributed by atoms with Crippen LogP contribution in [0.2, 0.25) is 0 Å². The number of hydrogen-bond acceptors (Lipinski definition) is 5. The van der Waals surface area contributed by atoms with Gasteiger partial charge in [0, 0.05) is 18.7 Å². The van der Waals surface area contributed by atoms with Gasteiger partial charge in [0.1, 0.15) is 11.3 Å². The van der Waals surface area contributed by atoms with E-state index in [2.05, 4.69) is 10.9 Å². The summed E-state index contributed by atoms with van der Waals surface area (Å²) in [6.07, 6.45) is 10.6. The minimum atomic E-state index is -3.63. The van der Waals surface area contributed by atoms with E-state index in [1.807, 2.05) is 25.1 Å². The highest BCUT2D eigenvalue weighted by Gasteiger charge is 2.29. The number of ether oxygens (including phenoxy) is 1. The highest BCUT2D eigenvalue weighted by atomic mass is 32.2. The molecule has 0 atom stereocenters. The van der Waals surface area contributed by atoms with Gasteiger partial charge in [-0.3, -0.25) is 4.79 Å². The summed E-state index contributed by atoms with van der Waals surface area (Å²) < 4.78 is 36.1. The molecule has 2 aromatic carbocycles. The predicted molar refractivity (Wildman–Crippen MR) is 138 cm³/mol. The first kappa shape index (κ1) is 25.2. The summed E-state index contributed by atoms with van der Waals surface area (Å²) in [4.78, 5) is 17.9. The zero-order valence-electron chi connectivity index (χ0n) is 19.9. The van der Waals surface area contributed by atoms with Crippen LogP contribution in [0.25, 0.3) is 10.2 Å². The fourth-order valence-electron chi connectivity index (χ4n) is 4.42. The first-order valence-corrected chi connectivity index (χ1v) is 14.0. The quantitative estimate of drug-likeness (QED) is 0.440. The van der Waals surface area contributed by atoms with Gasteiger partial charge in [-0.2, -0.15) is 9.30 Å². The first-order valence-electron chi connectivity index (χ1n) is 11.7. The van der Waals surface area contributed by atoms with Crippen molar-refractivity contribution >= 4 is 37.5 Å². The number of rotatable bonds is 7. The van der Waals surface area contributed by atoms with E-state index in [1.165, 1.54) is 39.9 Å². The number of hydrogen-bond donors (Lipinski definition) is 0. The Morgan fingerprint density at radius 1 is 1.20 bits per heavy atom. The third-order valence-electron chi connectivity index (χ3n) is 6.28. The van der Waals surface area contributed by atoms with Crippen molar-refractivity contribution in [3.05, 3.63) is 52.8 Å². The summed E-state index contributed by atoms with van der Waals surface area (Å²) in [6.45, 7) is 2.64. The fraction of sp³-hybridized carbons (Fsp3) is 0.385. The Labute approximate surface area is 210 Å². The van der Waals surface area contributed by atoms with E-state index in [4.69, 9.17) is 11.2 Å². The standard InChI is InChI=1S/C26H29N3O4S2/c1-4-18-29-24-22(33-5-2)12-9-13-23(24)34-26(29)27-25(30)19-14-16-21(17-15-19)35(31,32)28(3)20-10-7-6-8-11-20/h1,9,12-17,20H,5-8,10-11,18H2,2-3H3. The van der Waals surface area contributed by atoms with Crippen LogP contribution in [0.1, 0.15) is 49.4 Å². The normalized spacial score (nSPS) is 15.4. The smallest absolute Gasteiger partial charge is 0.279 e. The summed E-state index contributed by atoms with van der Waals surface area (Å²) in [5.74, 6) is 2.83. The molecule has 1 aliphatic carbocycles. The number of terminal acetylenes is 1. The molecular weight excluding hydrogens is 482 g/mol. The number of para-hydroxylation sites is 1. The van der Waals surface area contributed by atoms with Crippen molar-refractivity contribution in [3.8, 4) is 18.1 Å². The average molecular weight is 512 g/mol. The summed E-state index contributed by atoms with van der Waals surface area (Å²) in [6, 6.07) is 11.7. The van der Waals surface area contributed by atoms with Crippen LogP contribution in [0, 0.1) is 12.3 Å². The van der Waals surface area contributed by atoms with Gasteiger partial charge in [0.25, 0.3) is 5.91 Å². The Hall–Kier alpha value is -2.93. The number of carbonyl (C=O) groups excluding carboxylic acids is 1. The summed E-state index contributed by atoms with van der Waals surface area (Å²) in [5.41, 5.74) is 1.11. The van der Waals surface area contributed by atoms with Crippen molar-refractivity contribution in [1.29, 1.82) is 0 Å². The van der Waals surface area contributed by atoms with Crippen molar-refractivity contribution in [2.45, 2.75) is 56.5 Å². The van der Waals surface area contributed by atoms with Gasteiger partial charge in [-0.25, -0.2) is 8.42 Å². The molecule has 0 unspecified atom stereocenters. The Balaban J connectivity index is 1.64. The molecular formula is C26H29N3O4S2. The third-order valence-corrected chi connectivity index (χ3v) is 9.25. The molecule has 0 bridgehead atoms. The number of benzene rings is 2. The van der Waals surface area contributed by atoms with Crippen LogP contribution in [-0.4, -0.2) is 42.9 Å². The molecule has 0 N–H and O–H groups in total. The lowest BCUT2D eigenvalue weighted by Crippen LogP contribution is -2.38. The van der Waals surface area contributed by atoms with E-state index >= 15 is 0 Å². The van der Waals surface area contributed by atoms with Gasteiger partial charge in [0.15, 0.2) is 4.80 Å². The number of aromatic nitrogens is 1. The number of amides is 1. The van der Waals surface area contributed by atoms with E-state index in [0.717, 1.165) is 42.3 Å². The molecule has 4 rings (SSSR count). The second-order valence-corrected chi connectivity index (χ2v) is 11.5. The highest BCUT2D eigenvalue weighted by Crippen LogP contribution is 2.28. The van der Waals surface area contributed by atoms with Crippen LogP contribution < -0.4 is 9.54 Å². The van der Waals surface area contributed by atoms with Crippen LogP contribution in [0.5, 0.6) is 5.75 Å². The summed E-state index contributed by atoms with van der Waals surface area (Å²) in [7, 11) is -1.99. The maximum atomic E-state index is 13.1. The summed E-state index contributed by atoms with van der Waals surface area (Å²) in [5, 5.41) is 0. The van der Waals surface area contributed by atoms with Crippen LogP contribution in [0.4, 0.5) is 0 Å². The lowest BCUT2D eigenvalue weighted by atomic mass is 9.96. The van der Waals surface area contributed by atoms with E-state index in [-0.39, 0.29) is 17.5 Å². The van der Waals surface area contributed by atoms with Gasteiger partial charge in [-0.15, -0.1) is 6.42 Å². The number of thiazole rings is 1. The molecule has 1 amide bonds. The molecule has 0 spiro atoms. The number of carbonyl (C=O) groups is 1. The Morgan fingerprint density at radius 3 is 2.57 bits per heavy atom. The molecule has 3 aromatic rings. The SMILES string of the molecule is C#CCn1c(=NC(=O)c2ccc(S(=O)(=O)N(C)C3CCCCC3)cc2)sc2cccc(OCC)c21. The van der Waals surface area contributed by atoms with Crippen LogP contribution in [-0.2, 0) is 16.6 Å². The molecule has 0 saturated heterocycles. The van der Waals surface area contributed by atoms with Crippen molar-refractivity contribution < 1.29 is 17.9 Å². The zero-order chi connectivity index (χ0) is 25.0. The third kappa shape index (κ3) is 5.20. The molecule has 184 valence electrons. The minimum absolute atomic E-state index is 0.0196. The van der Waals surface area contributed by atoms with Gasteiger partial charge in [-0.05, 0) is 56.2 Å². The van der Waals surface area contributed by atoms with Crippen LogP contribution in [0.15, 0.2) is 52.4 Å². The molecule has 1 aromatic heterocycles. The lowest BCUT2D eigenvalue weighted by molar-refractivity contribution is 0.0997. The van der Waals surface area contributed by atoms with Gasteiger partial charge in [0.2, 0.25) is 10.0 Å². The van der Waals surface area contributed by atoms with Crippen molar-refractivity contribution in [2.75, 3.05) is 13.7 Å². The maximum Gasteiger partial charge on any atom is 0.279 e. The maximum absolute atomic E-state index is 13.1. The van der Waals surface area contributed by atoms with E-state index in [9.17, 15) is 13.2 Å². The second-order valence-electron chi connectivity index (χ2n) is 8.47. The number of nitrogens with zero attached hydrogens (tertiary/aromatic N) is 3. The molecule has 35 heavy (non-hydrogen) atoms. The molecule has 1 aliphatic rings. The Bertz CT molecular complexity index is 1420. The Kier molecular flexibility index (Phi) is 7.75.